The van der Waals surface area contributed by atoms with E-state index in [1.807, 2.05) is 0 Å². The highest BCUT2D eigenvalue weighted by Crippen LogP contribution is 2.14. The zero-order valence-electron chi connectivity index (χ0n) is 49.4. The Hall–Kier alpha value is -2.20. The molecule has 0 bridgehead atoms. The van der Waals surface area contributed by atoms with Gasteiger partial charge in [-0.25, -0.2) is 0 Å². The summed E-state index contributed by atoms with van der Waals surface area (Å²) in [5.41, 5.74) is 0. The minimum atomic E-state index is 0.0839. The van der Waals surface area contributed by atoms with Crippen molar-refractivity contribution in [2.75, 3.05) is 65.4 Å². The van der Waals surface area contributed by atoms with Crippen LogP contribution in [0.5, 0.6) is 0 Å². The molecule has 4 amide bonds. The molecule has 0 spiro atoms. The molecule has 0 fully saturated rings. The van der Waals surface area contributed by atoms with Crippen molar-refractivity contribution in [2.45, 2.75) is 317 Å². The molecule has 0 aromatic carbocycles. The minimum absolute atomic E-state index is 0.0839. The summed E-state index contributed by atoms with van der Waals surface area (Å²) in [6, 6.07) is 0. The van der Waals surface area contributed by atoms with Crippen molar-refractivity contribution >= 4 is 23.6 Å². The molecule has 73 heavy (non-hydrogen) atoms. The number of nitrogens with zero attached hydrogens (tertiary/aromatic N) is 2. The molecule has 0 aliphatic heterocycles. The van der Waals surface area contributed by atoms with Gasteiger partial charge in [0.05, 0.1) is 0 Å². The third kappa shape index (κ3) is 55.8. The molecule has 4 N–H and O–H groups in total. The summed E-state index contributed by atoms with van der Waals surface area (Å²) in [6.07, 6.45) is 53.5. The lowest BCUT2D eigenvalue weighted by molar-refractivity contribution is -0.123. The predicted molar refractivity (Wildman–Crippen MR) is 315 cm³/mol. The van der Waals surface area contributed by atoms with Crippen molar-refractivity contribution < 1.29 is 19.2 Å². The monoisotopic (exact) mass is 1030 g/mol. The van der Waals surface area contributed by atoms with Gasteiger partial charge >= 0.3 is 0 Å². The van der Waals surface area contributed by atoms with Gasteiger partial charge in [0.2, 0.25) is 23.6 Å². The highest BCUT2D eigenvalue weighted by molar-refractivity contribution is 5.77. The summed E-state index contributed by atoms with van der Waals surface area (Å²) >= 11 is 0. The van der Waals surface area contributed by atoms with E-state index in [4.69, 9.17) is 0 Å². The van der Waals surface area contributed by atoms with Gasteiger partial charge in [0.15, 0.2) is 0 Å². The van der Waals surface area contributed by atoms with Crippen molar-refractivity contribution in [3.8, 4) is 0 Å². The van der Waals surface area contributed by atoms with Crippen molar-refractivity contribution in [1.82, 2.24) is 31.1 Å². The second kappa shape index (κ2) is 59.1. The summed E-state index contributed by atoms with van der Waals surface area (Å²) in [5.74, 6) is 0.336. The lowest BCUT2D eigenvalue weighted by Gasteiger charge is -2.26. The average molecular weight is 1030 g/mol. The van der Waals surface area contributed by atoms with Crippen LogP contribution in [0.15, 0.2) is 0 Å². The molecule has 0 aromatic rings. The number of hydrogen-bond acceptors (Lipinski definition) is 6. The van der Waals surface area contributed by atoms with Crippen LogP contribution in [0, 0.1) is 0 Å². The largest absolute Gasteiger partial charge is 0.356 e. The van der Waals surface area contributed by atoms with E-state index in [-0.39, 0.29) is 23.6 Å². The van der Waals surface area contributed by atoms with Crippen LogP contribution in [0.3, 0.4) is 0 Å². The van der Waals surface area contributed by atoms with E-state index in [0.29, 0.717) is 51.9 Å². The summed E-state index contributed by atoms with van der Waals surface area (Å²) in [6.45, 7) is 15.9. The maximum absolute atomic E-state index is 13.0. The third-order valence-corrected chi connectivity index (χ3v) is 15.0. The molecule has 0 heterocycles. The summed E-state index contributed by atoms with van der Waals surface area (Å²) < 4.78 is 0. The molecule has 10 heteroatoms. The van der Waals surface area contributed by atoms with Crippen LogP contribution >= 0.6 is 0 Å². The van der Waals surface area contributed by atoms with E-state index in [1.54, 1.807) is 0 Å². The molecule has 10 nitrogen and oxygen atoms in total. The minimum Gasteiger partial charge on any atom is -0.356 e. The summed E-state index contributed by atoms with van der Waals surface area (Å²) in [5, 5.41) is 12.7. The van der Waals surface area contributed by atoms with E-state index in [1.165, 1.54) is 205 Å². The second-order valence-corrected chi connectivity index (χ2v) is 22.2. The van der Waals surface area contributed by atoms with E-state index in [0.717, 1.165) is 97.1 Å². The molecule has 0 saturated carbocycles. The SMILES string of the molecule is CCCCCCCCCCCCNC(=O)CCN(CCCN(CCC(=O)NCCCCCCCCCCCC)CCC(=O)NCCCCCCCCCCCC)CCC(=O)NCCCCCCCCCCCC. The van der Waals surface area contributed by atoms with Gasteiger partial charge in [-0.3, -0.25) is 19.2 Å². The maximum atomic E-state index is 13.0. The topological polar surface area (TPSA) is 123 Å². The molecule has 0 aliphatic carbocycles. The average Bonchev–Trinajstić information content (AvgIpc) is 3.39. The normalized spacial score (nSPS) is 11.5. The number of carbonyl (C=O) groups excluding carboxylic acids is 4. The first-order chi connectivity index (χ1) is 35.9. The molecule has 0 aliphatic rings. The van der Waals surface area contributed by atoms with E-state index >= 15 is 0 Å². The highest BCUT2D eigenvalue weighted by atomic mass is 16.2. The molecule has 0 rings (SSSR count). The number of hydrogen-bond donors (Lipinski definition) is 4. The fraction of sp³-hybridized carbons (Fsp3) is 0.937. The molecule has 0 radical (unpaired) electrons. The van der Waals surface area contributed by atoms with Gasteiger partial charge in [-0.1, -0.05) is 259 Å². The van der Waals surface area contributed by atoms with Crippen LogP contribution in [-0.2, 0) is 19.2 Å². The molecule has 0 aromatic heterocycles. The first-order valence-electron chi connectivity index (χ1n) is 32.4. The lowest BCUT2D eigenvalue weighted by atomic mass is 10.1. The Kier molecular flexibility index (Phi) is 57.3. The van der Waals surface area contributed by atoms with Gasteiger partial charge in [0.25, 0.3) is 0 Å². The molecule has 0 saturated heterocycles. The Morgan fingerprint density at radius 3 is 0.562 bits per heavy atom. The molecule has 0 atom stereocenters. The number of nitrogens with one attached hydrogen (secondary N) is 4. The van der Waals surface area contributed by atoms with Crippen molar-refractivity contribution in [1.29, 1.82) is 0 Å². The Balaban J connectivity index is 5.17. The summed E-state index contributed by atoms with van der Waals surface area (Å²) in [7, 11) is 0. The Morgan fingerprint density at radius 1 is 0.219 bits per heavy atom. The maximum Gasteiger partial charge on any atom is 0.221 e. The lowest BCUT2D eigenvalue weighted by Crippen LogP contribution is -2.38. The highest BCUT2D eigenvalue weighted by Gasteiger charge is 2.15. The van der Waals surface area contributed by atoms with Crippen molar-refractivity contribution in [3.63, 3.8) is 0 Å². The van der Waals surface area contributed by atoms with Gasteiger partial charge < -0.3 is 31.1 Å². The standard InChI is InChI=1S/C63H126N6O4/c1-5-9-13-17-21-25-29-33-37-41-50-64-60(70)46-56-68(57-47-61(71)65-51-42-38-34-30-26-22-18-14-10-6-2)54-45-55-69(58-48-62(72)66-52-43-39-35-31-27-23-19-15-11-7-3)59-49-63(73)67-53-44-40-36-32-28-24-20-16-12-8-4/h5-59H2,1-4H3,(H,64,70)(H,65,71)(H,66,72)(H,67,73). The Morgan fingerprint density at radius 2 is 0.384 bits per heavy atom. The predicted octanol–water partition coefficient (Wildman–Crippen LogP) is 15.7. The van der Waals surface area contributed by atoms with Crippen LogP contribution < -0.4 is 21.3 Å². The zero-order chi connectivity index (χ0) is 53.2. The van der Waals surface area contributed by atoms with Crippen LogP contribution in [0.2, 0.25) is 0 Å². The Bertz CT molecular complexity index is 1020. The smallest absolute Gasteiger partial charge is 0.221 e. The van der Waals surface area contributed by atoms with E-state index < -0.39 is 0 Å². The fourth-order valence-corrected chi connectivity index (χ4v) is 9.94. The van der Waals surface area contributed by atoms with Crippen molar-refractivity contribution in [2.24, 2.45) is 0 Å². The third-order valence-electron chi connectivity index (χ3n) is 15.0. The first-order valence-corrected chi connectivity index (χ1v) is 32.4. The van der Waals surface area contributed by atoms with Crippen LogP contribution in [-0.4, -0.2) is 98.9 Å². The van der Waals surface area contributed by atoms with Gasteiger partial charge in [-0.05, 0) is 45.2 Å². The number of carbonyl (C=O) groups is 4. The molecular formula is C63H126N6O4. The van der Waals surface area contributed by atoms with Gasteiger partial charge in [-0.15, -0.1) is 0 Å². The van der Waals surface area contributed by atoms with Crippen LogP contribution in [0.1, 0.15) is 317 Å². The first kappa shape index (κ1) is 70.8. The van der Waals surface area contributed by atoms with Crippen LogP contribution in [0.4, 0.5) is 0 Å². The fourth-order valence-electron chi connectivity index (χ4n) is 9.94. The number of rotatable bonds is 60. The van der Waals surface area contributed by atoms with Gasteiger partial charge in [0.1, 0.15) is 0 Å². The number of unbranched alkanes of at least 4 members (excludes halogenated alkanes) is 36. The quantitative estimate of drug-likeness (QED) is 0.0450. The van der Waals surface area contributed by atoms with Crippen molar-refractivity contribution in [3.05, 3.63) is 0 Å². The van der Waals surface area contributed by atoms with E-state index in [9.17, 15) is 19.2 Å². The Labute approximate surface area is 454 Å². The zero-order valence-corrected chi connectivity index (χ0v) is 49.4. The molecule has 432 valence electrons. The molecular weight excluding hydrogens is 905 g/mol. The van der Waals surface area contributed by atoms with E-state index in [2.05, 4.69) is 58.8 Å². The van der Waals surface area contributed by atoms with Crippen LogP contribution in [0.25, 0.3) is 0 Å². The van der Waals surface area contributed by atoms with Gasteiger partial charge in [-0.2, -0.15) is 0 Å². The molecule has 0 unspecified atom stereocenters. The summed E-state index contributed by atoms with van der Waals surface area (Å²) in [4.78, 5) is 56.7. The second-order valence-electron chi connectivity index (χ2n) is 22.2. The van der Waals surface area contributed by atoms with Gasteiger partial charge in [0, 0.05) is 78.0 Å². The number of amides is 4.